The molecule has 0 spiro atoms. The van der Waals surface area contributed by atoms with Gasteiger partial charge in [-0.15, -0.1) is 0 Å². The summed E-state index contributed by atoms with van der Waals surface area (Å²) in [7, 11) is 1.33. The van der Waals surface area contributed by atoms with Crippen molar-refractivity contribution in [3.8, 4) is 0 Å². The molecule has 0 amide bonds. The van der Waals surface area contributed by atoms with Crippen LogP contribution >= 0.6 is 0 Å². The van der Waals surface area contributed by atoms with E-state index in [-0.39, 0.29) is 0 Å². The molecule has 7 nitrogen and oxygen atoms in total. The Morgan fingerprint density at radius 3 is 3.10 bits per heavy atom. The first kappa shape index (κ1) is 13.9. The maximum atomic E-state index is 11.5. The predicted octanol–water partition coefficient (Wildman–Crippen LogP) is 0.999. The minimum atomic E-state index is -0.466. The van der Waals surface area contributed by atoms with E-state index in [1.165, 1.54) is 11.7 Å². The molecular formula is C13H18N5O2+. The SMILES string of the molecule is CCn1cncc1CNc1c[n+](C(=O)OC)ccc1N. The van der Waals surface area contributed by atoms with E-state index >= 15 is 0 Å². The van der Waals surface area contributed by atoms with Gasteiger partial charge in [0.05, 0.1) is 31.4 Å². The molecule has 0 fully saturated rings. The number of hydrogen-bond donors (Lipinski definition) is 2. The highest BCUT2D eigenvalue weighted by Crippen LogP contribution is 2.15. The molecule has 0 atom stereocenters. The minimum absolute atomic E-state index is 0.466. The molecule has 0 bridgehead atoms. The molecule has 0 saturated carbocycles. The lowest BCUT2D eigenvalue weighted by Gasteiger charge is -2.09. The van der Waals surface area contributed by atoms with Crippen molar-refractivity contribution in [3.63, 3.8) is 0 Å². The fourth-order valence-electron chi connectivity index (χ4n) is 1.84. The van der Waals surface area contributed by atoms with Crippen molar-refractivity contribution in [1.29, 1.82) is 0 Å². The summed E-state index contributed by atoms with van der Waals surface area (Å²) in [6.45, 7) is 3.47. The summed E-state index contributed by atoms with van der Waals surface area (Å²) in [5.74, 6) is 0. The van der Waals surface area contributed by atoms with Crippen LogP contribution in [0.2, 0.25) is 0 Å². The molecule has 2 heterocycles. The van der Waals surface area contributed by atoms with Gasteiger partial charge < -0.3 is 20.4 Å². The van der Waals surface area contributed by atoms with E-state index in [0.717, 1.165) is 12.2 Å². The van der Waals surface area contributed by atoms with Crippen LogP contribution in [0.4, 0.5) is 16.2 Å². The van der Waals surface area contributed by atoms with Gasteiger partial charge in [0, 0.05) is 18.8 Å². The molecule has 0 radical (unpaired) electrons. The van der Waals surface area contributed by atoms with Gasteiger partial charge in [0.15, 0.2) is 6.20 Å². The Morgan fingerprint density at radius 1 is 1.60 bits per heavy atom. The molecule has 0 aliphatic heterocycles. The van der Waals surface area contributed by atoms with Gasteiger partial charge in [0.1, 0.15) is 5.69 Å². The first-order valence-corrected chi connectivity index (χ1v) is 6.27. The number of pyridine rings is 1. The number of imidazole rings is 1. The topological polar surface area (TPSA) is 86.0 Å². The number of nitrogens with one attached hydrogen (secondary N) is 1. The molecule has 2 aromatic rings. The van der Waals surface area contributed by atoms with Crippen LogP contribution in [0.1, 0.15) is 12.6 Å². The summed E-state index contributed by atoms with van der Waals surface area (Å²) < 4.78 is 8.02. The highest BCUT2D eigenvalue weighted by molar-refractivity contribution is 5.65. The largest absolute Gasteiger partial charge is 0.601 e. The number of nitrogen functional groups attached to an aromatic ring is 1. The highest BCUT2D eigenvalue weighted by Gasteiger charge is 2.16. The second-order valence-electron chi connectivity index (χ2n) is 4.22. The third-order valence-corrected chi connectivity index (χ3v) is 2.98. The van der Waals surface area contributed by atoms with E-state index in [1.54, 1.807) is 31.0 Å². The number of ether oxygens (including phenoxy) is 1. The summed E-state index contributed by atoms with van der Waals surface area (Å²) in [4.78, 5) is 15.6. The molecule has 7 heteroatoms. The quantitative estimate of drug-likeness (QED) is 0.814. The van der Waals surface area contributed by atoms with Gasteiger partial charge in [-0.2, -0.15) is 4.79 Å². The van der Waals surface area contributed by atoms with E-state index in [1.807, 2.05) is 11.5 Å². The van der Waals surface area contributed by atoms with Crippen molar-refractivity contribution in [1.82, 2.24) is 9.55 Å². The molecule has 106 valence electrons. The van der Waals surface area contributed by atoms with Crippen molar-refractivity contribution < 1.29 is 14.1 Å². The Bertz CT molecular complexity index is 609. The Morgan fingerprint density at radius 2 is 2.40 bits per heavy atom. The summed E-state index contributed by atoms with van der Waals surface area (Å²) in [6, 6.07) is 1.65. The van der Waals surface area contributed by atoms with E-state index in [0.29, 0.717) is 17.9 Å². The average Bonchev–Trinajstić information content (AvgIpc) is 2.93. The number of anilines is 2. The smallest absolute Gasteiger partial charge is 0.415 e. The Labute approximate surface area is 117 Å². The summed E-state index contributed by atoms with van der Waals surface area (Å²) in [6.07, 6.45) is 6.27. The van der Waals surface area contributed by atoms with Crippen molar-refractivity contribution in [2.24, 2.45) is 0 Å². The van der Waals surface area contributed by atoms with Crippen molar-refractivity contribution in [2.45, 2.75) is 20.0 Å². The van der Waals surface area contributed by atoms with E-state index in [2.05, 4.69) is 15.0 Å². The first-order valence-electron chi connectivity index (χ1n) is 6.27. The molecule has 0 aliphatic carbocycles. The second-order valence-corrected chi connectivity index (χ2v) is 4.22. The lowest BCUT2D eigenvalue weighted by Crippen LogP contribution is -2.42. The fraction of sp³-hybridized carbons (Fsp3) is 0.308. The van der Waals surface area contributed by atoms with E-state index < -0.39 is 6.09 Å². The number of methoxy groups -OCH3 is 1. The van der Waals surface area contributed by atoms with Gasteiger partial charge in [0.2, 0.25) is 6.20 Å². The zero-order valence-corrected chi connectivity index (χ0v) is 11.5. The summed E-state index contributed by atoms with van der Waals surface area (Å²) in [5.41, 5.74) is 8.16. The van der Waals surface area contributed by atoms with Crippen LogP contribution in [0.5, 0.6) is 0 Å². The molecule has 0 aliphatic rings. The molecule has 2 rings (SSSR count). The van der Waals surface area contributed by atoms with Gasteiger partial charge in [-0.3, -0.25) is 0 Å². The normalized spacial score (nSPS) is 10.3. The minimum Gasteiger partial charge on any atom is -0.415 e. The standard InChI is InChI=1S/C13H17N5O2/c1-3-17-9-15-6-10(17)7-16-12-8-18(13(19)20-2)5-4-11(12)14/h4-6,8-9,14,16H,3,7H2,1-2H3/p+1. The zero-order valence-electron chi connectivity index (χ0n) is 11.5. The number of carbonyl (C=O) groups is 1. The molecule has 0 aromatic carbocycles. The van der Waals surface area contributed by atoms with Crippen LogP contribution in [0.15, 0.2) is 31.0 Å². The molecule has 3 N–H and O–H groups in total. The number of hydrogen-bond acceptors (Lipinski definition) is 5. The fourth-order valence-corrected chi connectivity index (χ4v) is 1.84. The zero-order chi connectivity index (χ0) is 14.5. The molecule has 0 unspecified atom stereocenters. The lowest BCUT2D eigenvalue weighted by atomic mass is 10.3. The van der Waals surface area contributed by atoms with Crippen LogP contribution in [-0.4, -0.2) is 22.8 Å². The Balaban J connectivity index is 2.14. The van der Waals surface area contributed by atoms with Crippen LogP contribution in [0.3, 0.4) is 0 Å². The maximum Gasteiger partial charge on any atom is 0.601 e. The van der Waals surface area contributed by atoms with Gasteiger partial charge in [-0.25, -0.2) is 4.98 Å². The average molecular weight is 276 g/mol. The number of nitrogens with zero attached hydrogens (tertiary/aromatic N) is 3. The lowest BCUT2D eigenvalue weighted by molar-refractivity contribution is -0.584. The third kappa shape index (κ3) is 2.87. The number of carbonyl (C=O) groups excluding carboxylic acids is 1. The van der Waals surface area contributed by atoms with Crippen LogP contribution in [-0.2, 0) is 17.8 Å². The summed E-state index contributed by atoms with van der Waals surface area (Å²) >= 11 is 0. The number of nitrogens with two attached hydrogens (primary N) is 1. The van der Waals surface area contributed by atoms with Gasteiger partial charge in [0.25, 0.3) is 0 Å². The molecular weight excluding hydrogens is 258 g/mol. The van der Waals surface area contributed by atoms with Crippen LogP contribution < -0.4 is 15.6 Å². The first-order chi connectivity index (χ1) is 9.65. The monoisotopic (exact) mass is 276 g/mol. The Hall–Kier alpha value is -2.57. The highest BCUT2D eigenvalue weighted by atomic mass is 16.5. The van der Waals surface area contributed by atoms with Crippen LogP contribution in [0.25, 0.3) is 0 Å². The van der Waals surface area contributed by atoms with Crippen molar-refractivity contribution >= 4 is 17.5 Å². The molecule has 0 saturated heterocycles. The van der Waals surface area contributed by atoms with Crippen molar-refractivity contribution in [3.05, 3.63) is 36.7 Å². The predicted molar refractivity (Wildman–Crippen MR) is 74.1 cm³/mol. The van der Waals surface area contributed by atoms with Gasteiger partial charge >= 0.3 is 6.09 Å². The number of aromatic nitrogens is 3. The summed E-state index contributed by atoms with van der Waals surface area (Å²) in [5, 5.41) is 3.19. The van der Waals surface area contributed by atoms with E-state index in [4.69, 9.17) is 5.73 Å². The molecule has 2 aromatic heterocycles. The number of aryl methyl sites for hydroxylation is 1. The third-order valence-electron chi connectivity index (χ3n) is 2.98. The number of rotatable bonds is 4. The second kappa shape index (κ2) is 6.05. The maximum absolute atomic E-state index is 11.5. The molecule has 20 heavy (non-hydrogen) atoms. The Kier molecular flexibility index (Phi) is 4.19. The van der Waals surface area contributed by atoms with Gasteiger partial charge in [-0.1, -0.05) is 4.57 Å². The van der Waals surface area contributed by atoms with Gasteiger partial charge in [-0.05, 0) is 6.92 Å². The van der Waals surface area contributed by atoms with Crippen LogP contribution in [0, 0.1) is 0 Å². The van der Waals surface area contributed by atoms with Crippen molar-refractivity contribution in [2.75, 3.05) is 18.2 Å². The van der Waals surface area contributed by atoms with E-state index in [9.17, 15) is 4.79 Å².